The van der Waals surface area contributed by atoms with Crippen LogP contribution in [0.15, 0.2) is 232 Å². The highest BCUT2D eigenvalue weighted by atomic mass is 16.5. The number of carbonyl (C=O) groups is 4. The van der Waals surface area contributed by atoms with Gasteiger partial charge in [-0.05, 0) is 243 Å². The Morgan fingerprint density at radius 3 is 1.32 bits per heavy atom. The van der Waals surface area contributed by atoms with E-state index < -0.39 is 11.9 Å². The van der Waals surface area contributed by atoms with Crippen molar-refractivity contribution in [3.63, 3.8) is 0 Å². The lowest BCUT2D eigenvalue weighted by atomic mass is 10.0. The van der Waals surface area contributed by atoms with E-state index in [9.17, 15) is 19.2 Å². The summed E-state index contributed by atoms with van der Waals surface area (Å²) < 4.78 is 32.8. The van der Waals surface area contributed by atoms with Crippen LogP contribution in [0.25, 0.3) is 43.1 Å². The minimum atomic E-state index is -0.498. The maximum absolute atomic E-state index is 11.8. The fraction of sp³-hybridized carbons (Fsp3) is 0.191. The second-order valence-corrected chi connectivity index (χ2v) is 23.7. The van der Waals surface area contributed by atoms with E-state index >= 15 is 0 Å². The molecule has 0 aliphatic heterocycles. The lowest BCUT2D eigenvalue weighted by Gasteiger charge is -2.08. The molecule has 10 nitrogen and oxygen atoms in total. The third-order valence-electron chi connectivity index (χ3n) is 16.0. The number of hydrogen-bond donors (Lipinski definition) is 0. The maximum Gasteiger partial charge on any atom is 0.338 e. The molecule has 10 aromatic carbocycles. The third kappa shape index (κ3) is 21.5. The molecule has 0 N–H and O–H groups in total. The van der Waals surface area contributed by atoms with Gasteiger partial charge in [-0.2, -0.15) is 0 Å². The number of carbonyl (C=O) groups excluding carboxylic acids is 4. The van der Waals surface area contributed by atoms with Crippen molar-refractivity contribution in [2.45, 2.75) is 85.5 Å². The van der Waals surface area contributed by atoms with Crippen LogP contribution in [0.2, 0.25) is 0 Å². The average molecular weight is 1310 g/mol. The summed E-state index contributed by atoms with van der Waals surface area (Å²) in [6.45, 7) is 23.7. The highest BCUT2D eigenvalue weighted by Crippen LogP contribution is 2.30. The molecule has 0 heterocycles. The smallest absolute Gasteiger partial charge is 0.338 e. The molecule has 0 saturated carbocycles. The van der Waals surface area contributed by atoms with E-state index in [0.717, 1.165) is 174 Å². The van der Waals surface area contributed by atoms with Crippen LogP contribution >= 0.6 is 0 Å². The second kappa shape index (κ2) is 36.1. The molecule has 0 saturated heterocycles. The number of aryl methyl sites for hydroxylation is 2. The predicted octanol–water partition coefficient (Wildman–Crippen LogP) is 18.8. The van der Waals surface area contributed by atoms with Crippen molar-refractivity contribution in [2.75, 3.05) is 26.4 Å². The predicted molar refractivity (Wildman–Crippen MR) is 398 cm³/mol. The molecule has 0 spiro atoms. The van der Waals surface area contributed by atoms with Crippen LogP contribution in [0.5, 0.6) is 23.0 Å². The van der Waals surface area contributed by atoms with E-state index in [2.05, 4.69) is 141 Å². The Morgan fingerprint density at radius 2 is 0.798 bits per heavy atom. The third-order valence-corrected chi connectivity index (χ3v) is 16.0. The fourth-order valence-corrected chi connectivity index (χ4v) is 10.5. The summed E-state index contributed by atoms with van der Waals surface area (Å²) in [6, 6.07) is 59.8. The highest BCUT2D eigenvalue weighted by Gasteiger charge is 2.11. The summed E-state index contributed by atoms with van der Waals surface area (Å²) >= 11 is 0. The molecule has 0 amide bonds. The molecular formula is C89H78O10. The molecule has 0 atom stereocenters. The average Bonchev–Trinajstić information content (AvgIpc) is 0.892. The van der Waals surface area contributed by atoms with Crippen molar-refractivity contribution in [2.24, 2.45) is 0 Å². The van der Waals surface area contributed by atoms with Crippen LogP contribution in [-0.2, 0) is 35.1 Å². The summed E-state index contributed by atoms with van der Waals surface area (Å²) in [7, 11) is 0. The fourth-order valence-electron chi connectivity index (χ4n) is 10.5. The van der Waals surface area contributed by atoms with E-state index in [4.69, 9.17) is 28.4 Å². The van der Waals surface area contributed by atoms with Gasteiger partial charge in [0, 0.05) is 78.6 Å². The lowest BCUT2D eigenvalue weighted by molar-refractivity contribution is -0.139. The monoisotopic (exact) mass is 1310 g/mol. The molecule has 0 radical (unpaired) electrons. The highest BCUT2D eigenvalue weighted by molar-refractivity contribution is 5.96. The van der Waals surface area contributed by atoms with Crippen molar-refractivity contribution in [3.05, 3.63) is 287 Å². The van der Waals surface area contributed by atoms with Crippen LogP contribution < -0.4 is 18.9 Å². The van der Waals surface area contributed by atoms with Gasteiger partial charge in [-0.25, -0.2) is 19.2 Å². The topological polar surface area (TPSA) is 124 Å². The zero-order valence-electron chi connectivity index (χ0n) is 56.6. The first kappa shape index (κ1) is 71.2. The molecule has 0 aromatic heterocycles. The maximum atomic E-state index is 11.8. The Kier molecular flexibility index (Phi) is 26.0. The van der Waals surface area contributed by atoms with E-state index in [1.807, 2.05) is 116 Å². The zero-order chi connectivity index (χ0) is 69.9. The SMILES string of the molecule is C=C(C)C(=O)OCCCCCCOc1ccc2cc(C#Cc3ccc(C#Cc4ccc5cc(OC(=O)C(=C)C)ccc5c4)cc3C)ccc2c1.C=CC(=O)OCCCCCCOc1ccc2cc(C#Cc3ccc(C#Cc4ccc(OC(=O)C=C)c5ccccc45)cc3CC)ccc2c1. The first-order valence-electron chi connectivity index (χ1n) is 33.2. The van der Waals surface area contributed by atoms with Gasteiger partial charge in [0.2, 0.25) is 0 Å². The van der Waals surface area contributed by atoms with Crippen molar-refractivity contribution >= 4 is 67.0 Å². The van der Waals surface area contributed by atoms with Gasteiger partial charge in [-0.1, -0.05) is 141 Å². The Labute approximate surface area is 581 Å². The van der Waals surface area contributed by atoms with Crippen LogP contribution in [-0.4, -0.2) is 50.3 Å². The van der Waals surface area contributed by atoms with Gasteiger partial charge in [0.15, 0.2) is 0 Å². The minimum absolute atomic E-state index is 0.324. The lowest BCUT2D eigenvalue weighted by Crippen LogP contribution is -2.07. The normalized spacial score (nSPS) is 10.3. The van der Waals surface area contributed by atoms with Gasteiger partial charge in [0.1, 0.15) is 23.0 Å². The number of esters is 4. The van der Waals surface area contributed by atoms with Crippen molar-refractivity contribution < 1.29 is 47.6 Å². The summed E-state index contributed by atoms with van der Waals surface area (Å²) in [5.41, 5.74) is 10.4. The molecule has 494 valence electrons. The number of benzene rings is 10. The van der Waals surface area contributed by atoms with Gasteiger partial charge >= 0.3 is 23.9 Å². The van der Waals surface area contributed by atoms with Gasteiger partial charge in [-0.3, -0.25) is 0 Å². The number of hydrogen-bond acceptors (Lipinski definition) is 10. The summed E-state index contributed by atoms with van der Waals surface area (Å²) in [4.78, 5) is 46.1. The van der Waals surface area contributed by atoms with Gasteiger partial charge in [-0.15, -0.1) is 0 Å². The zero-order valence-corrected chi connectivity index (χ0v) is 56.6. The van der Waals surface area contributed by atoms with Crippen molar-refractivity contribution in [1.82, 2.24) is 0 Å². The Balaban J connectivity index is 0.000000231. The van der Waals surface area contributed by atoms with Crippen LogP contribution in [0, 0.1) is 54.3 Å². The standard InChI is InChI=1S/C45H40O5.C44H38O5/c1-31(2)44(46)49-25-9-7-6-8-24-48-42-22-20-38-28-36(15-18-40(38)29-42)13-17-37-16-12-34(26-33(37)5)10-11-35-14-19-41-30-43(23-21-39(41)27-35)50-45(47)32(3)4;1-4-34-29-32(17-21-36-24-26-42(49-44(46)6-3)41-14-10-9-13-40(36)41)15-19-35(34)20-16-33-18-22-38-31-39(25-23-37(38)30-33)47-27-11-7-8-12-28-48-43(45)5-2/h12,14-16,18-23,26-30H,1,3,6-9,24-25H2,2,4-5H3;5-6,9-10,13-15,18-19,22-26,29-31H,2-4,7-8,11-12,27-28H2,1H3. The van der Waals surface area contributed by atoms with Crippen molar-refractivity contribution in [1.29, 1.82) is 0 Å². The first-order chi connectivity index (χ1) is 48.1. The van der Waals surface area contributed by atoms with E-state index in [-0.39, 0.29) is 11.9 Å². The Hall–Kier alpha value is -12.1. The number of fused-ring (bicyclic) bond motifs is 4. The van der Waals surface area contributed by atoms with E-state index in [1.54, 1.807) is 26.0 Å². The van der Waals surface area contributed by atoms with Crippen molar-refractivity contribution in [3.8, 4) is 70.4 Å². The molecule has 10 aromatic rings. The Bertz CT molecular complexity index is 4980. The molecular weight excluding hydrogens is 1230 g/mol. The van der Waals surface area contributed by atoms with Gasteiger partial charge in [0.05, 0.1) is 26.4 Å². The molecule has 0 bridgehead atoms. The molecule has 10 heteroatoms. The second-order valence-electron chi connectivity index (χ2n) is 23.7. The minimum Gasteiger partial charge on any atom is -0.494 e. The molecule has 99 heavy (non-hydrogen) atoms. The molecule has 0 aliphatic carbocycles. The molecule has 10 rings (SSSR count). The summed E-state index contributed by atoms with van der Waals surface area (Å²) in [5, 5.41) is 8.12. The number of unbranched alkanes of at least 4 members (excludes halogenated alkanes) is 6. The van der Waals surface area contributed by atoms with Crippen LogP contribution in [0.3, 0.4) is 0 Å². The van der Waals surface area contributed by atoms with Crippen LogP contribution in [0.1, 0.15) is 128 Å². The van der Waals surface area contributed by atoms with E-state index in [0.29, 0.717) is 49.1 Å². The van der Waals surface area contributed by atoms with Crippen LogP contribution in [0.4, 0.5) is 0 Å². The summed E-state index contributed by atoms with van der Waals surface area (Å²) in [6.07, 6.45) is 10.7. The van der Waals surface area contributed by atoms with Gasteiger partial charge in [0.25, 0.3) is 0 Å². The molecule has 0 unspecified atom stereocenters. The summed E-state index contributed by atoms with van der Waals surface area (Å²) in [5.74, 6) is 27.5. The number of ether oxygens (including phenoxy) is 6. The molecule has 0 fully saturated rings. The van der Waals surface area contributed by atoms with E-state index in [1.165, 1.54) is 6.08 Å². The first-order valence-corrected chi connectivity index (χ1v) is 33.2. The largest absolute Gasteiger partial charge is 0.494 e. The quantitative estimate of drug-likeness (QED) is 0.0201. The Morgan fingerprint density at radius 1 is 0.384 bits per heavy atom. The molecule has 0 aliphatic rings. The van der Waals surface area contributed by atoms with Gasteiger partial charge < -0.3 is 28.4 Å². The number of rotatable bonds is 23.